The molecule has 0 saturated heterocycles. The molecule has 1 heterocycles. The highest BCUT2D eigenvalue weighted by molar-refractivity contribution is 8.01. The number of carbonyl (C=O) groups excluding carboxylic acids is 1. The summed E-state index contributed by atoms with van der Waals surface area (Å²) in [5.74, 6) is -1.23. The molecule has 1 atom stereocenters. The maximum Gasteiger partial charge on any atom is 0.326 e. The number of rotatable bonds is 2. The van der Waals surface area contributed by atoms with E-state index in [4.69, 9.17) is 5.73 Å². The number of carboxylic acid groups (broad SMARTS) is 1. The van der Waals surface area contributed by atoms with Crippen LogP contribution in [0.15, 0.2) is 23.1 Å². The predicted molar refractivity (Wildman–Crippen MR) is 75.4 cm³/mol. The number of anilines is 2. The molecule has 1 aliphatic heterocycles. The molecule has 0 saturated carbocycles. The molecule has 19 heavy (non-hydrogen) atoms. The van der Waals surface area contributed by atoms with Gasteiger partial charge in [0.25, 0.3) is 0 Å². The first-order valence-corrected chi connectivity index (χ1v) is 6.70. The highest BCUT2D eigenvalue weighted by Crippen LogP contribution is 2.46. The summed E-state index contributed by atoms with van der Waals surface area (Å²) in [7, 11) is 0. The van der Waals surface area contributed by atoms with Crippen LogP contribution < -0.4 is 10.6 Å². The van der Waals surface area contributed by atoms with E-state index in [1.165, 1.54) is 23.6 Å². The van der Waals surface area contributed by atoms with E-state index in [2.05, 4.69) is 0 Å². The molecule has 0 aromatic heterocycles. The topological polar surface area (TPSA) is 83.6 Å². The lowest BCUT2D eigenvalue weighted by atomic mass is 10.1. The standard InChI is InChI=1S/C13H16N2O3S/c1-7(11(16)17)15-9-5-4-8(14)6-10(9)19-13(2,3)12(15)18/h4-7H,14H2,1-3H3,(H,16,17). The van der Waals surface area contributed by atoms with E-state index in [9.17, 15) is 14.7 Å². The van der Waals surface area contributed by atoms with Gasteiger partial charge in [-0.2, -0.15) is 0 Å². The van der Waals surface area contributed by atoms with Crippen molar-refractivity contribution in [3.63, 3.8) is 0 Å². The Morgan fingerprint density at radius 2 is 2.11 bits per heavy atom. The number of nitrogen functional groups attached to an aromatic ring is 1. The summed E-state index contributed by atoms with van der Waals surface area (Å²) < 4.78 is -0.704. The lowest BCUT2D eigenvalue weighted by molar-refractivity contribution is -0.139. The van der Waals surface area contributed by atoms with Gasteiger partial charge in [0.15, 0.2) is 0 Å². The SMILES string of the molecule is CC(C(=O)O)N1C(=O)C(C)(C)Sc2cc(N)ccc21. The Morgan fingerprint density at radius 1 is 1.47 bits per heavy atom. The molecule has 0 fully saturated rings. The van der Waals surface area contributed by atoms with Crippen LogP contribution in [0.2, 0.25) is 0 Å². The minimum absolute atomic E-state index is 0.204. The summed E-state index contributed by atoms with van der Waals surface area (Å²) in [5.41, 5.74) is 6.96. The second kappa shape index (κ2) is 4.45. The van der Waals surface area contributed by atoms with Gasteiger partial charge in [-0.15, -0.1) is 11.8 Å². The Bertz CT molecular complexity index is 557. The van der Waals surface area contributed by atoms with Crippen molar-refractivity contribution in [1.82, 2.24) is 0 Å². The molecule has 1 aliphatic rings. The van der Waals surface area contributed by atoms with E-state index in [0.717, 1.165) is 4.90 Å². The summed E-state index contributed by atoms with van der Waals surface area (Å²) in [6.07, 6.45) is 0. The number of aliphatic carboxylic acids is 1. The van der Waals surface area contributed by atoms with Gasteiger partial charge in [0.05, 0.1) is 10.4 Å². The Morgan fingerprint density at radius 3 is 2.68 bits per heavy atom. The molecule has 1 unspecified atom stereocenters. The predicted octanol–water partition coefficient (Wildman–Crippen LogP) is 1.96. The van der Waals surface area contributed by atoms with E-state index in [0.29, 0.717) is 11.4 Å². The number of amides is 1. The van der Waals surface area contributed by atoms with Crippen LogP contribution in [0.5, 0.6) is 0 Å². The molecule has 5 nitrogen and oxygen atoms in total. The quantitative estimate of drug-likeness (QED) is 0.809. The second-order valence-corrected chi connectivity index (χ2v) is 6.69. The third-order valence-electron chi connectivity index (χ3n) is 3.09. The van der Waals surface area contributed by atoms with Gasteiger partial charge < -0.3 is 10.8 Å². The van der Waals surface area contributed by atoms with Gasteiger partial charge in [-0.05, 0) is 39.0 Å². The fourth-order valence-corrected chi connectivity index (χ4v) is 3.23. The highest BCUT2D eigenvalue weighted by atomic mass is 32.2. The van der Waals surface area contributed by atoms with E-state index < -0.39 is 16.8 Å². The zero-order valence-electron chi connectivity index (χ0n) is 11.0. The number of nitrogens with two attached hydrogens (primary N) is 1. The molecule has 0 radical (unpaired) electrons. The van der Waals surface area contributed by atoms with Crippen LogP contribution >= 0.6 is 11.8 Å². The van der Waals surface area contributed by atoms with Crippen LogP contribution in [0.25, 0.3) is 0 Å². The van der Waals surface area contributed by atoms with Crippen molar-refractivity contribution < 1.29 is 14.7 Å². The maximum absolute atomic E-state index is 12.5. The zero-order chi connectivity index (χ0) is 14.4. The molecule has 1 aromatic carbocycles. The van der Waals surface area contributed by atoms with Crippen LogP contribution in [-0.2, 0) is 9.59 Å². The third kappa shape index (κ3) is 2.28. The van der Waals surface area contributed by atoms with E-state index in [1.807, 2.05) is 0 Å². The van der Waals surface area contributed by atoms with Gasteiger partial charge in [-0.25, -0.2) is 4.79 Å². The van der Waals surface area contributed by atoms with Crippen molar-refractivity contribution in [3.05, 3.63) is 18.2 Å². The van der Waals surface area contributed by atoms with Crippen molar-refractivity contribution >= 4 is 35.0 Å². The highest BCUT2D eigenvalue weighted by Gasteiger charge is 2.43. The number of carboxylic acids is 1. The fourth-order valence-electron chi connectivity index (χ4n) is 2.02. The van der Waals surface area contributed by atoms with Crippen molar-refractivity contribution in [2.24, 2.45) is 0 Å². The van der Waals surface area contributed by atoms with Crippen LogP contribution in [0.4, 0.5) is 11.4 Å². The summed E-state index contributed by atoms with van der Waals surface area (Å²) in [6, 6.07) is 4.24. The van der Waals surface area contributed by atoms with Crippen molar-refractivity contribution in [3.8, 4) is 0 Å². The molecule has 2 rings (SSSR count). The van der Waals surface area contributed by atoms with Crippen LogP contribution in [0, 0.1) is 0 Å². The van der Waals surface area contributed by atoms with Gasteiger partial charge >= 0.3 is 5.97 Å². The Labute approximate surface area is 115 Å². The van der Waals surface area contributed by atoms with Gasteiger partial charge in [0.2, 0.25) is 5.91 Å². The minimum Gasteiger partial charge on any atom is -0.480 e. The van der Waals surface area contributed by atoms with Crippen molar-refractivity contribution in [2.45, 2.75) is 36.5 Å². The van der Waals surface area contributed by atoms with Crippen molar-refractivity contribution in [1.29, 1.82) is 0 Å². The lowest BCUT2D eigenvalue weighted by Crippen LogP contribution is -2.53. The third-order valence-corrected chi connectivity index (χ3v) is 4.32. The number of nitrogens with zero attached hydrogens (tertiary/aromatic N) is 1. The number of thioether (sulfide) groups is 1. The Hall–Kier alpha value is -1.69. The zero-order valence-corrected chi connectivity index (χ0v) is 11.8. The Balaban J connectivity index is 2.59. The molecule has 3 N–H and O–H groups in total. The van der Waals surface area contributed by atoms with Crippen LogP contribution in [0.3, 0.4) is 0 Å². The molecule has 0 bridgehead atoms. The average molecular weight is 280 g/mol. The van der Waals surface area contributed by atoms with Crippen LogP contribution in [0.1, 0.15) is 20.8 Å². The van der Waals surface area contributed by atoms with Gasteiger partial charge in [0.1, 0.15) is 6.04 Å². The Kier molecular flexibility index (Phi) is 3.22. The fraction of sp³-hybridized carbons (Fsp3) is 0.385. The van der Waals surface area contributed by atoms with Crippen LogP contribution in [-0.4, -0.2) is 27.8 Å². The summed E-state index contributed by atoms with van der Waals surface area (Å²) >= 11 is 1.41. The van der Waals surface area contributed by atoms with E-state index >= 15 is 0 Å². The molecule has 6 heteroatoms. The number of carbonyl (C=O) groups is 2. The first-order chi connectivity index (χ1) is 8.74. The first kappa shape index (κ1) is 13.7. The summed E-state index contributed by atoms with van der Waals surface area (Å²) in [4.78, 5) is 25.8. The lowest BCUT2D eigenvalue weighted by Gasteiger charge is -2.39. The molecule has 0 aliphatic carbocycles. The largest absolute Gasteiger partial charge is 0.480 e. The number of hydrogen-bond donors (Lipinski definition) is 2. The van der Waals surface area contributed by atoms with E-state index in [1.54, 1.807) is 32.0 Å². The number of benzene rings is 1. The second-order valence-electron chi connectivity index (χ2n) is 5.03. The monoisotopic (exact) mass is 280 g/mol. The van der Waals surface area contributed by atoms with Crippen molar-refractivity contribution in [2.75, 3.05) is 10.6 Å². The number of hydrogen-bond acceptors (Lipinski definition) is 4. The molecular weight excluding hydrogens is 264 g/mol. The summed E-state index contributed by atoms with van der Waals surface area (Å²) in [5, 5.41) is 9.18. The first-order valence-electron chi connectivity index (χ1n) is 5.89. The smallest absolute Gasteiger partial charge is 0.326 e. The average Bonchev–Trinajstić information content (AvgIpc) is 2.29. The van der Waals surface area contributed by atoms with Gasteiger partial charge in [0, 0.05) is 10.6 Å². The van der Waals surface area contributed by atoms with E-state index in [-0.39, 0.29) is 5.91 Å². The number of fused-ring (bicyclic) bond motifs is 1. The minimum atomic E-state index is -1.03. The molecule has 1 aromatic rings. The maximum atomic E-state index is 12.5. The molecule has 1 amide bonds. The molecule has 102 valence electrons. The summed E-state index contributed by atoms with van der Waals surface area (Å²) in [6.45, 7) is 5.08. The molecular formula is C13H16N2O3S. The van der Waals surface area contributed by atoms with Gasteiger partial charge in [-0.1, -0.05) is 0 Å². The van der Waals surface area contributed by atoms with Gasteiger partial charge in [-0.3, -0.25) is 9.69 Å². The molecule has 0 spiro atoms. The normalized spacial score (nSPS) is 18.9.